The first kappa shape index (κ1) is 28.8. The van der Waals surface area contributed by atoms with E-state index in [-0.39, 0.29) is 43.3 Å². The minimum atomic E-state index is -3.60. The summed E-state index contributed by atoms with van der Waals surface area (Å²) in [4.78, 5) is 29.2. The Balaban J connectivity index is 2.24. The first-order valence-corrected chi connectivity index (χ1v) is 13.9. The molecule has 0 N–H and O–H groups in total. The zero-order valence-electron chi connectivity index (χ0n) is 20.1. The maximum atomic E-state index is 13.5. The smallest absolute Gasteiger partial charge is 0.240 e. The Morgan fingerprint density at radius 2 is 1.94 bits per heavy atom. The van der Waals surface area contributed by atoms with Crippen LogP contribution in [0.4, 0.5) is 0 Å². The monoisotopic (exact) mass is 535 g/mol. The molecule has 1 fully saturated rings. The maximum Gasteiger partial charge on any atom is 0.240 e. The predicted octanol–water partition coefficient (Wildman–Crippen LogP) is 2.98. The molecule has 1 heterocycles. The van der Waals surface area contributed by atoms with Gasteiger partial charge in [-0.05, 0) is 43.9 Å². The van der Waals surface area contributed by atoms with Crippen LogP contribution >= 0.6 is 23.2 Å². The second kappa shape index (κ2) is 13.6. The summed E-state index contributed by atoms with van der Waals surface area (Å²) >= 11 is 12.1. The second-order valence-electron chi connectivity index (χ2n) is 8.47. The third-order valence-corrected chi connectivity index (χ3v) is 8.28. The van der Waals surface area contributed by atoms with E-state index in [0.717, 1.165) is 5.56 Å². The van der Waals surface area contributed by atoms with Crippen molar-refractivity contribution in [3.05, 3.63) is 34.9 Å². The molecule has 192 valence electrons. The number of hydrogen-bond acceptors (Lipinski definition) is 5. The van der Waals surface area contributed by atoms with Crippen LogP contribution in [0.25, 0.3) is 0 Å². The molecule has 1 saturated heterocycles. The van der Waals surface area contributed by atoms with Crippen molar-refractivity contribution >= 4 is 45.0 Å². The van der Waals surface area contributed by atoms with Crippen molar-refractivity contribution in [1.29, 1.82) is 0 Å². The molecule has 2 amide bonds. The summed E-state index contributed by atoms with van der Waals surface area (Å²) < 4.78 is 31.8. The molecule has 0 aromatic heterocycles. The normalized spacial score (nSPS) is 16.0. The number of methoxy groups -OCH3 is 1. The number of amides is 2. The lowest BCUT2D eigenvalue weighted by Gasteiger charge is -2.39. The number of ether oxygens (including phenoxy) is 1. The number of benzene rings is 1. The van der Waals surface area contributed by atoms with Crippen LogP contribution in [0.1, 0.15) is 38.7 Å². The summed E-state index contributed by atoms with van der Waals surface area (Å²) in [5.41, 5.74) is 0.855. The van der Waals surface area contributed by atoms with Crippen LogP contribution in [-0.4, -0.2) is 91.4 Å². The summed E-state index contributed by atoms with van der Waals surface area (Å²) in [6.07, 6.45) is 1.63. The molecule has 0 bridgehead atoms. The van der Waals surface area contributed by atoms with Gasteiger partial charge >= 0.3 is 0 Å². The standard InChI is InChI=1S/C23H35Cl2N3O5S/c1-4-14-34(31,32)27(12-13-33-3)17-22(29)28(16-19-6-5-7-20(25)15-19)21-8-10-26(11-9-21)23(30)18(2)24/h5-7,15,18,21H,4,8-14,16-17H2,1-3H3/t18-/m0/s1. The van der Waals surface area contributed by atoms with Gasteiger partial charge in [-0.2, -0.15) is 4.31 Å². The van der Waals surface area contributed by atoms with E-state index in [9.17, 15) is 18.0 Å². The van der Waals surface area contributed by atoms with Crippen LogP contribution in [0.5, 0.6) is 0 Å². The molecule has 8 nitrogen and oxygen atoms in total. The highest BCUT2D eigenvalue weighted by atomic mass is 35.5. The average Bonchev–Trinajstić information content (AvgIpc) is 2.79. The largest absolute Gasteiger partial charge is 0.383 e. The van der Waals surface area contributed by atoms with Crippen LogP contribution in [0.2, 0.25) is 5.02 Å². The summed E-state index contributed by atoms with van der Waals surface area (Å²) in [7, 11) is -2.10. The fraction of sp³-hybridized carbons (Fsp3) is 0.652. The minimum Gasteiger partial charge on any atom is -0.383 e. The van der Waals surface area contributed by atoms with Gasteiger partial charge in [0.25, 0.3) is 0 Å². The van der Waals surface area contributed by atoms with Crippen molar-refractivity contribution in [2.24, 2.45) is 0 Å². The molecular formula is C23H35Cl2N3O5S. The number of carbonyl (C=O) groups is 2. The SMILES string of the molecule is CCCS(=O)(=O)N(CCOC)CC(=O)N(Cc1cccc(Cl)c1)C1CCN(C(=O)[C@H](C)Cl)CC1. The Labute approximate surface area is 213 Å². The van der Waals surface area contributed by atoms with Gasteiger partial charge in [0.2, 0.25) is 21.8 Å². The van der Waals surface area contributed by atoms with Crippen molar-refractivity contribution in [3.8, 4) is 0 Å². The number of carbonyl (C=O) groups excluding carboxylic acids is 2. The van der Waals surface area contributed by atoms with Gasteiger partial charge in [-0.25, -0.2) is 8.42 Å². The number of piperidine rings is 1. The molecule has 1 atom stereocenters. The van der Waals surface area contributed by atoms with Gasteiger partial charge in [0.15, 0.2) is 0 Å². The van der Waals surface area contributed by atoms with Crippen LogP contribution in [0, 0.1) is 0 Å². The first-order valence-electron chi connectivity index (χ1n) is 11.5. The molecular weight excluding hydrogens is 501 g/mol. The topological polar surface area (TPSA) is 87.2 Å². The van der Waals surface area contributed by atoms with Crippen molar-refractivity contribution < 1.29 is 22.7 Å². The Kier molecular flexibility index (Phi) is 11.6. The van der Waals surface area contributed by atoms with Gasteiger partial charge in [-0.15, -0.1) is 11.6 Å². The number of rotatable bonds is 12. The lowest BCUT2D eigenvalue weighted by molar-refractivity contribution is -0.137. The molecule has 1 aliphatic heterocycles. The quantitative estimate of drug-likeness (QED) is 0.384. The van der Waals surface area contributed by atoms with E-state index in [1.54, 1.807) is 35.8 Å². The predicted molar refractivity (Wildman–Crippen MR) is 134 cm³/mol. The van der Waals surface area contributed by atoms with Crippen LogP contribution in [0.3, 0.4) is 0 Å². The van der Waals surface area contributed by atoms with Crippen molar-refractivity contribution in [1.82, 2.24) is 14.1 Å². The number of hydrogen-bond donors (Lipinski definition) is 0. The lowest BCUT2D eigenvalue weighted by atomic mass is 10.0. The molecule has 0 unspecified atom stereocenters. The van der Waals surface area contributed by atoms with Gasteiger partial charge in [-0.3, -0.25) is 9.59 Å². The third kappa shape index (κ3) is 8.37. The first-order chi connectivity index (χ1) is 16.1. The van der Waals surface area contributed by atoms with E-state index in [2.05, 4.69) is 0 Å². The Morgan fingerprint density at radius 3 is 2.50 bits per heavy atom. The summed E-state index contributed by atoms with van der Waals surface area (Å²) in [6.45, 7) is 4.76. The number of alkyl halides is 1. The Bertz CT molecular complexity index is 921. The highest BCUT2D eigenvalue weighted by molar-refractivity contribution is 7.89. The molecule has 2 rings (SSSR count). The molecule has 1 aromatic rings. The number of likely N-dealkylation sites (tertiary alicyclic amines) is 1. The van der Waals surface area contributed by atoms with E-state index >= 15 is 0 Å². The van der Waals surface area contributed by atoms with Crippen molar-refractivity contribution in [2.75, 3.05) is 45.6 Å². The Hall–Kier alpha value is -1.39. The van der Waals surface area contributed by atoms with Gasteiger partial charge < -0.3 is 14.5 Å². The zero-order valence-corrected chi connectivity index (χ0v) is 22.4. The summed E-state index contributed by atoms with van der Waals surface area (Å²) in [5, 5.41) is -0.0347. The molecule has 11 heteroatoms. The fourth-order valence-electron chi connectivity index (χ4n) is 4.04. The van der Waals surface area contributed by atoms with E-state index in [4.69, 9.17) is 27.9 Å². The number of nitrogens with zero attached hydrogens (tertiary/aromatic N) is 3. The second-order valence-corrected chi connectivity index (χ2v) is 11.6. The van der Waals surface area contributed by atoms with Gasteiger partial charge in [0.05, 0.1) is 18.9 Å². The van der Waals surface area contributed by atoms with Crippen LogP contribution in [-0.2, 0) is 30.9 Å². The van der Waals surface area contributed by atoms with Gasteiger partial charge in [0.1, 0.15) is 5.38 Å². The van der Waals surface area contributed by atoms with E-state index in [1.807, 2.05) is 12.1 Å². The molecule has 0 spiro atoms. The lowest BCUT2D eigenvalue weighted by Crippen LogP contribution is -2.52. The van der Waals surface area contributed by atoms with Crippen molar-refractivity contribution in [2.45, 2.75) is 51.1 Å². The minimum absolute atomic E-state index is 0.0323. The maximum absolute atomic E-state index is 13.5. The third-order valence-electron chi connectivity index (χ3n) is 5.83. The van der Waals surface area contributed by atoms with Crippen LogP contribution in [0.15, 0.2) is 24.3 Å². The van der Waals surface area contributed by atoms with E-state index in [0.29, 0.717) is 43.9 Å². The van der Waals surface area contributed by atoms with Crippen LogP contribution < -0.4 is 0 Å². The van der Waals surface area contributed by atoms with Gasteiger partial charge in [-0.1, -0.05) is 30.7 Å². The molecule has 0 radical (unpaired) electrons. The van der Waals surface area contributed by atoms with E-state index < -0.39 is 15.4 Å². The van der Waals surface area contributed by atoms with Gasteiger partial charge in [0, 0.05) is 44.4 Å². The Morgan fingerprint density at radius 1 is 1.26 bits per heavy atom. The molecule has 0 saturated carbocycles. The fourth-order valence-corrected chi connectivity index (χ4v) is 5.83. The van der Waals surface area contributed by atoms with Crippen molar-refractivity contribution in [3.63, 3.8) is 0 Å². The number of halogens is 2. The molecule has 34 heavy (non-hydrogen) atoms. The number of sulfonamides is 1. The summed E-state index contributed by atoms with van der Waals surface area (Å²) in [5.74, 6) is -0.439. The highest BCUT2D eigenvalue weighted by Crippen LogP contribution is 2.22. The zero-order chi connectivity index (χ0) is 25.3. The molecule has 0 aliphatic carbocycles. The average molecular weight is 537 g/mol. The highest BCUT2D eigenvalue weighted by Gasteiger charge is 2.33. The molecule has 1 aromatic carbocycles. The van der Waals surface area contributed by atoms with E-state index in [1.165, 1.54) is 11.4 Å². The molecule has 1 aliphatic rings. The summed E-state index contributed by atoms with van der Waals surface area (Å²) in [6, 6.07) is 7.13.